The molecule has 0 fully saturated rings. The molecular formula is C14H23NO3S. The van der Waals surface area contributed by atoms with Gasteiger partial charge in [-0.25, -0.2) is 8.42 Å². The number of nitrogens with zero attached hydrogens (tertiary/aromatic N) is 1. The minimum absolute atomic E-state index is 0.159. The molecule has 4 nitrogen and oxygen atoms in total. The smallest absolute Gasteiger partial charge is 0.214 e. The quantitative estimate of drug-likeness (QED) is 0.838. The molecule has 0 aromatic heterocycles. The van der Waals surface area contributed by atoms with E-state index >= 15 is 0 Å². The molecule has 0 aliphatic rings. The second-order valence-electron chi connectivity index (χ2n) is 4.64. The third-order valence-electron chi connectivity index (χ3n) is 3.21. The fourth-order valence-electron chi connectivity index (χ4n) is 2.11. The Morgan fingerprint density at radius 2 is 2.00 bits per heavy atom. The molecule has 1 rings (SSSR count). The van der Waals surface area contributed by atoms with E-state index in [1.165, 1.54) is 4.31 Å². The Balaban J connectivity index is 2.96. The van der Waals surface area contributed by atoms with Crippen LogP contribution in [-0.2, 0) is 10.0 Å². The van der Waals surface area contributed by atoms with Crippen molar-refractivity contribution in [2.45, 2.75) is 39.7 Å². The maximum Gasteiger partial charge on any atom is 0.214 e. The summed E-state index contributed by atoms with van der Waals surface area (Å²) in [6.07, 6.45) is 1.53. The summed E-state index contributed by atoms with van der Waals surface area (Å²) < 4.78 is 26.1. The SMILES string of the molecule is CCCCS(=O)(=O)N(CC)C(C)c1cccc(O)c1. The Bertz CT molecular complexity index is 499. The van der Waals surface area contributed by atoms with Crippen LogP contribution < -0.4 is 0 Å². The lowest BCUT2D eigenvalue weighted by atomic mass is 10.1. The summed E-state index contributed by atoms with van der Waals surface area (Å²) in [6, 6.07) is 6.50. The van der Waals surface area contributed by atoms with Gasteiger partial charge in [0.1, 0.15) is 5.75 Å². The zero-order valence-corrected chi connectivity index (χ0v) is 12.7. The number of aromatic hydroxyl groups is 1. The van der Waals surface area contributed by atoms with Gasteiger partial charge in [-0.15, -0.1) is 0 Å². The highest BCUT2D eigenvalue weighted by Crippen LogP contribution is 2.26. The highest BCUT2D eigenvalue weighted by Gasteiger charge is 2.26. The molecule has 0 aliphatic heterocycles. The summed E-state index contributed by atoms with van der Waals surface area (Å²) in [4.78, 5) is 0. The van der Waals surface area contributed by atoms with Crippen molar-refractivity contribution in [3.63, 3.8) is 0 Å². The molecule has 0 spiro atoms. The molecule has 19 heavy (non-hydrogen) atoms. The average Bonchev–Trinajstić information content (AvgIpc) is 2.37. The van der Waals surface area contributed by atoms with Gasteiger partial charge in [-0.3, -0.25) is 0 Å². The Hall–Kier alpha value is -1.07. The molecule has 0 saturated carbocycles. The third kappa shape index (κ3) is 4.21. The Morgan fingerprint density at radius 3 is 2.53 bits per heavy atom. The van der Waals surface area contributed by atoms with Gasteiger partial charge >= 0.3 is 0 Å². The highest BCUT2D eigenvalue weighted by atomic mass is 32.2. The van der Waals surface area contributed by atoms with Gasteiger partial charge in [0.25, 0.3) is 0 Å². The number of rotatable bonds is 7. The van der Waals surface area contributed by atoms with Gasteiger partial charge in [0, 0.05) is 12.6 Å². The van der Waals surface area contributed by atoms with Gasteiger partial charge in [0.05, 0.1) is 5.75 Å². The maximum absolute atomic E-state index is 12.3. The zero-order chi connectivity index (χ0) is 14.5. The fourth-order valence-corrected chi connectivity index (χ4v) is 3.99. The summed E-state index contributed by atoms with van der Waals surface area (Å²) in [6.45, 7) is 6.10. The van der Waals surface area contributed by atoms with E-state index in [1.54, 1.807) is 18.2 Å². The number of sulfonamides is 1. The van der Waals surface area contributed by atoms with E-state index in [0.29, 0.717) is 13.0 Å². The first-order chi connectivity index (χ1) is 8.92. The van der Waals surface area contributed by atoms with Gasteiger partial charge in [-0.1, -0.05) is 32.4 Å². The van der Waals surface area contributed by atoms with Crippen molar-refractivity contribution < 1.29 is 13.5 Å². The fraction of sp³-hybridized carbons (Fsp3) is 0.571. The van der Waals surface area contributed by atoms with Crippen LogP contribution in [0.1, 0.15) is 45.2 Å². The first-order valence-corrected chi connectivity index (χ1v) is 8.31. The lowest BCUT2D eigenvalue weighted by Gasteiger charge is -2.27. The normalized spacial score (nSPS) is 13.7. The van der Waals surface area contributed by atoms with Gasteiger partial charge < -0.3 is 5.11 Å². The molecule has 5 heteroatoms. The van der Waals surface area contributed by atoms with E-state index in [9.17, 15) is 13.5 Å². The molecule has 0 radical (unpaired) electrons. The van der Waals surface area contributed by atoms with Crippen molar-refractivity contribution in [1.29, 1.82) is 0 Å². The number of hydrogen-bond acceptors (Lipinski definition) is 3. The van der Waals surface area contributed by atoms with Crippen LogP contribution in [0.5, 0.6) is 5.75 Å². The van der Waals surface area contributed by atoms with Crippen molar-refractivity contribution in [1.82, 2.24) is 4.31 Å². The van der Waals surface area contributed by atoms with Crippen LogP contribution in [0.4, 0.5) is 0 Å². The molecule has 1 aromatic rings. The van der Waals surface area contributed by atoms with E-state index in [4.69, 9.17) is 0 Å². The van der Waals surface area contributed by atoms with Gasteiger partial charge in [0.15, 0.2) is 0 Å². The monoisotopic (exact) mass is 285 g/mol. The molecule has 1 aromatic carbocycles. The van der Waals surface area contributed by atoms with Crippen LogP contribution in [0, 0.1) is 0 Å². The van der Waals surface area contributed by atoms with Crippen LogP contribution in [0.3, 0.4) is 0 Å². The van der Waals surface area contributed by atoms with Gasteiger partial charge in [-0.2, -0.15) is 4.31 Å². The molecule has 108 valence electrons. The molecular weight excluding hydrogens is 262 g/mol. The van der Waals surface area contributed by atoms with Crippen LogP contribution in [0.25, 0.3) is 0 Å². The third-order valence-corrected chi connectivity index (χ3v) is 5.30. The zero-order valence-electron chi connectivity index (χ0n) is 11.8. The van der Waals surface area contributed by atoms with Crippen molar-refractivity contribution in [3.8, 4) is 5.75 Å². The van der Waals surface area contributed by atoms with Gasteiger partial charge in [-0.05, 0) is 31.0 Å². The number of phenols is 1. The van der Waals surface area contributed by atoms with Crippen molar-refractivity contribution in [3.05, 3.63) is 29.8 Å². The summed E-state index contributed by atoms with van der Waals surface area (Å²) in [7, 11) is -3.24. The lowest BCUT2D eigenvalue weighted by Crippen LogP contribution is -2.35. The molecule has 0 saturated heterocycles. The molecule has 1 unspecified atom stereocenters. The second kappa shape index (κ2) is 6.91. The van der Waals surface area contributed by atoms with E-state index in [0.717, 1.165) is 12.0 Å². The average molecular weight is 285 g/mol. The van der Waals surface area contributed by atoms with Crippen molar-refractivity contribution >= 4 is 10.0 Å². The van der Waals surface area contributed by atoms with E-state index in [-0.39, 0.29) is 17.5 Å². The lowest BCUT2D eigenvalue weighted by molar-refractivity contribution is 0.355. The second-order valence-corrected chi connectivity index (χ2v) is 6.68. The first kappa shape index (κ1) is 16.0. The van der Waals surface area contributed by atoms with Crippen molar-refractivity contribution in [2.75, 3.05) is 12.3 Å². The predicted molar refractivity (Wildman–Crippen MR) is 77.6 cm³/mol. The molecule has 0 bridgehead atoms. The largest absolute Gasteiger partial charge is 0.508 e. The standard InChI is InChI=1S/C14H23NO3S/c1-4-6-10-19(17,18)15(5-2)12(3)13-8-7-9-14(16)11-13/h7-9,11-12,16H,4-6,10H2,1-3H3. The van der Waals surface area contributed by atoms with E-state index in [1.807, 2.05) is 26.8 Å². The molecule has 0 aliphatic carbocycles. The molecule has 0 heterocycles. The number of unbranched alkanes of at least 4 members (excludes halogenated alkanes) is 1. The first-order valence-electron chi connectivity index (χ1n) is 6.70. The topological polar surface area (TPSA) is 57.6 Å². The predicted octanol–water partition coefficient (Wildman–Crippen LogP) is 2.91. The Kier molecular flexibility index (Phi) is 5.82. The number of phenolic OH excluding ortho intramolecular Hbond substituents is 1. The molecule has 1 atom stereocenters. The minimum atomic E-state index is -3.24. The number of hydrogen-bond donors (Lipinski definition) is 1. The summed E-state index contributed by atoms with van der Waals surface area (Å²) in [5, 5.41) is 9.49. The summed E-state index contributed by atoms with van der Waals surface area (Å²) in [5.74, 6) is 0.340. The van der Waals surface area contributed by atoms with Crippen molar-refractivity contribution in [2.24, 2.45) is 0 Å². The Labute approximate surface area is 116 Å². The van der Waals surface area contributed by atoms with E-state index < -0.39 is 10.0 Å². The summed E-state index contributed by atoms with van der Waals surface area (Å²) >= 11 is 0. The minimum Gasteiger partial charge on any atom is -0.508 e. The van der Waals surface area contributed by atoms with Crippen LogP contribution in [0.15, 0.2) is 24.3 Å². The van der Waals surface area contributed by atoms with E-state index in [2.05, 4.69) is 0 Å². The maximum atomic E-state index is 12.3. The van der Waals surface area contributed by atoms with Crippen LogP contribution in [0.2, 0.25) is 0 Å². The Morgan fingerprint density at radius 1 is 1.32 bits per heavy atom. The van der Waals surface area contributed by atoms with Gasteiger partial charge in [0.2, 0.25) is 10.0 Å². The molecule has 1 N–H and O–H groups in total. The van der Waals surface area contributed by atoms with Crippen LogP contribution in [-0.4, -0.2) is 30.1 Å². The summed E-state index contributed by atoms with van der Waals surface area (Å²) in [5.41, 5.74) is 0.807. The van der Waals surface area contributed by atoms with Crippen LogP contribution >= 0.6 is 0 Å². The molecule has 0 amide bonds. The highest BCUT2D eigenvalue weighted by molar-refractivity contribution is 7.89. The number of benzene rings is 1.